The Morgan fingerprint density at radius 3 is 2.53 bits per heavy atom. The summed E-state index contributed by atoms with van der Waals surface area (Å²) in [5, 5.41) is 3.51. The van der Waals surface area contributed by atoms with Gasteiger partial charge in [0.1, 0.15) is 0 Å². The minimum absolute atomic E-state index is 0.602. The van der Waals surface area contributed by atoms with Crippen molar-refractivity contribution in [3.05, 3.63) is 21.3 Å². The molecule has 0 amide bonds. The summed E-state index contributed by atoms with van der Waals surface area (Å²) < 4.78 is 0.869. The van der Waals surface area contributed by atoms with E-state index in [0.717, 1.165) is 23.3 Å². The Kier molecular flexibility index (Phi) is 6.49. The summed E-state index contributed by atoms with van der Waals surface area (Å²) in [6.07, 6.45) is 1.23. The quantitative estimate of drug-likeness (QED) is 0.819. The van der Waals surface area contributed by atoms with Gasteiger partial charge in [-0.2, -0.15) is 0 Å². The number of hydrogen-bond donors (Lipinski definition) is 1. The van der Waals surface area contributed by atoms with Gasteiger partial charge in [0.05, 0.1) is 4.34 Å². The van der Waals surface area contributed by atoms with Crippen molar-refractivity contribution >= 4 is 22.9 Å². The van der Waals surface area contributed by atoms with Crippen LogP contribution in [0.3, 0.4) is 0 Å². The first-order valence-corrected chi connectivity index (χ1v) is 7.30. The van der Waals surface area contributed by atoms with Gasteiger partial charge in [0.2, 0.25) is 0 Å². The van der Waals surface area contributed by atoms with E-state index >= 15 is 0 Å². The molecule has 1 heterocycles. The van der Waals surface area contributed by atoms with Crippen LogP contribution >= 0.6 is 22.9 Å². The number of nitrogens with zero attached hydrogens (tertiary/aromatic N) is 1. The average Bonchev–Trinajstić information content (AvgIpc) is 2.62. The molecule has 0 aliphatic heterocycles. The van der Waals surface area contributed by atoms with Crippen molar-refractivity contribution in [2.24, 2.45) is 5.92 Å². The Morgan fingerprint density at radius 1 is 1.35 bits per heavy atom. The molecule has 1 unspecified atom stereocenters. The Labute approximate surface area is 114 Å². The largest absolute Gasteiger partial charge is 0.310 e. The second kappa shape index (κ2) is 7.37. The van der Waals surface area contributed by atoms with Crippen molar-refractivity contribution in [2.75, 3.05) is 20.6 Å². The molecule has 1 N–H and O–H groups in total. The number of likely N-dealkylation sites (N-methyl/N-ethyl adjacent to an activating group) is 1. The fourth-order valence-electron chi connectivity index (χ4n) is 1.83. The molecule has 0 saturated heterocycles. The van der Waals surface area contributed by atoms with Gasteiger partial charge in [-0.25, -0.2) is 0 Å². The molecule has 0 bridgehead atoms. The average molecular weight is 275 g/mol. The van der Waals surface area contributed by atoms with E-state index in [1.807, 2.05) is 6.07 Å². The number of halogens is 1. The van der Waals surface area contributed by atoms with Gasteiger partial charge in [0.15, 0.2) is 0 Å². The van der Waals surface area contributed by atoms with E-state index in [0.29, 0.717) is 6.04 Å². The molecule has 1 aromatic heterocycles. The lowest BCUT2D eigenvalue weighted by atomic mass is 10.0. The van der Waals surface area contributed by atoms with E-state index in [9.17, 15) is 0 Å². The summed E-state index contributed by atoms with van der Waals surface area (Å²) in [4.78, 5) is 3.60. The van der Waals surface area contributed by atoms with E-state index in [1.165, 1.54) is 11.3 Å². The lowest BCUT2D eigenvalue weighted by Gasteiger charge is -2.26. The van der Waals surface area contributed by atoms with Crippen LogP contribution in [0.25, 0.3) is 0 Å². The van der Waals surface area contributed by atoms with E-state index in [1.54, 1.807) is 11.3 Å². The third-order valence-electron chi connectivity index (χ3n) is 2.78. The fraction of sp³-hybridized carbons (Fsp3) is 0.692. The minimum Gasteiger partial charge on any atom is -0.310 e. The van der Waals surface area contributed by atoms with Crippen molar-refractivity contribution in [2.45, 2.75) is 32.9 Å². The summed E-state index contributed by atoms with van der Waals surface area (Å²) in [5.41, 5.74) is 0. The molecule has 98 valence electrons. The van der Waals surface area contributed by atoms with Gasteiger partial charge in [0, 0.05) is 24.0 Å². The van der Waals surface area contributed by atoms with Crippen molar-refractivity contribution in [1.29, 1.82) is 0 Å². The molecular weight excluding hydrogens is 252 g/mol. The summed E-state index contributed by atoms with van der Waals surface area (Å²) in [5.74, 6) is 0.736. The predicted octanol–water partition coefficient (Wildman–Crippen LogP) is 3.47. The summed E-state index contributed by atoms with van der Waals surface area (Å²) in [7, 11) is 4.30. The first-order valence-electron chi connectivity index (χ1n) is 6.10. The smallest absolute Gasteiger partial charge is 0.0931 e. The van der Waals surface area contributed by atoms with Crippen LogP contribution in [0.5, 0.6) is 0 Å². The minimum atomic E-state index is 0.602. The fourth-order valence-corrected chi connectivity index (χ4v) is 2.89. The number of thiophene rings is 1. The molecular formula is C13H23ClN2S. The van der Waals surface area contributed by atoms with Crippen molar-refractivity contribution in [3.63, 3.8) is 0 Å². The zero-order valence-corrected chi connectivity index (χ0v) is 12.7. The van der Waals surface area contributed by atoms with Gasteiger partial charge in [0.25, 0.3) is 0 Å². The third kappa shape index (κ3) is 5.87. The van der Waals surface area contributed by atoms with Gasteiger partial charge < -0.3 is 10.2 Å². The molecule has 1 rings (SSSR count). The standard InChI is InChI=1S/C13H23ClN2S/c1-10(2)7-11(16(3)4)8-15-9-12-5-6-13(14)17-12/h5-6,10-11,15H,7-9H2,1-4H3. The molecule has 0 radical (unpaired) electrons. The monoisotopic (exact) mass is 274 g/mol. The molecule has 0 aliphatic rings. The van der Waals surface area contributed by atoms with E-state index in [2.05, 4.69) is 44.2 Å². The lowest BCUT2D eigenvalue weighted by molar-refractivity contribution is 0.247. The second-order valence-corrected chi connectivity index (χ2v) is 6.88. The highest BCUT2D eigenvalue weighted by Crippen LogP contribution is 2.21. The van der Waals surface area contributed by atoms with Gasteiger partial charge in [-0.3, -0.25) is 0 Å². The normalized spacial score (nSPS) is 13.6. The Hall–Kier alpha value is -0.0900. The van der Waals surface area contributed by atoms with Gasteiger partial charge in [-0.1, -0.05) is 25.4 Å². The van der Waals surface area contributed by atoms with Crippen molar-refractivity contribution < 1.29 is 0 Å². The molecule has 0 saturated carbocycles. The molecule has 0 spiro atoms. The topological polar surface area (TPSA) is 15.3 Å². The van der Waals surface area contributed by atoms with Gasteiger partial charge >= 0.3 is 0 Å². The van der Waals surface area contributed by atoms with Crippen LogP contribution in [0, 0.1) is 5.92 Å². The molecule has 0 aliphatic carbocycles. The predicted molar refractivity (Wildman–Crippen MR) is 78.0 cm³/mol. The van der Waals surface area contributed by atoms with E-state index < -0.39 is 0 Å². The molecule has 0 aromatic carbocycles. The van der Waals surface area contributed by atoms with Crippen LogP contribution in [0.4, 0.5) is 0 Å². The number of rotatable bonds is 7. The molecule has 1 atom stereocenters. The zero-order valence-electron chi connectivity index (χ0n) is 11.2. The van der Waals surface area contributed by atoms with Crippen LogP contribution in [-0.2, 0) is 6.54 Å². The van der Waals surface area contributed by atoms with Gasteiger partial charge in [-0.15, -0.1) is 11.3 Å². The first kappa shape index (κ1) is 15.0. The lowest BCUT2D eigenvalue weighted by Crippen LogP contribution is -2.38. The van der Waals surface area contributed by atoms with Crippen LogP contribution in [0.1, 0.15) is 25.1 Å². The summed E-state index contributed by atoms with van der Waals surface area (Å²) in [6, 6.07) is 4.65. The van der Waals surface area contributed by atoms with Crippen molar-refractivity contribution in [1.82, 2.24) is 10.2 Å². The van der Waals surface area contributed by atoms with Crippen LogP contribution in [0.15, 0.2) is 12.1 Å². The van der Waals surface area contributed by atoms with Crippen molar-refractivity contribution in [3.8, 4) is 0 Å². The van der Waals surface area contributed by atoms with Crippen LogP contribution in [-0.4, -0.2) is 31.6 Å². The third-order valence-corrected chi connectivity index (χ3v) is 4.01. The maximum Gasteiger partial charge on any atom is 0.0931 e. The first-order chi connectivity index (χ1) is 7.99. The Bertz CT molecular complexity index is 323. The van der Waals surface area contributed by atoms with Gasteiger partial charge in [-0.05, 0) is 38.6 Å². The number of nitrogens with one attached hydrogen (secondary N) is 1. The SMILES string of the molecule is CC(C)CC(CNCc1ccc(Cl)s1)N(C)C. The molecule has 4 heteroatoms. The highest BCUT2D eigenvalue weighted by Gasteiger charge is 2.12. The maximum absolute atomic E-state index is 5.90. The Balaban J connectivity index is 2.31. The Morgan fingerprint density at radius 2 is 2.06 bits per heavy atom. The number of hydrogen-bond acceptors (Lipinski definition) is 3. The van der Waals surface area contributed by atoms with E-state index in [4.69, 9.17) is 11.6 Å². The van der Waals surface area contributed by atoms with Crippen LogP contribution < -0.4 is 5.32 Å². The molecule has 0 fully saturated rings. The second-order valence-electron chi connectivity index (χ2n) is 5.08. The molecule has 1 aromatic rings. The molecule has 17 heavy (non-hydrogen) atoms. The molecule has 2 nitrogen and oxygen atoms in total. The maximum atomic E-state index is 5.90. The highest BCUT2D eigenvalue weighted by atomic mass is 35.5. The van der Waals surface area contributed by atoms with Crippen LogP contribution in [0.2, 0.25) is 4.34 Å². The zero-order chi connectivity index (χ0) is 12.8. The highest BCUT2D eigenvalue weighted by molar-refractivity contribution is 7.16. The van der Waals surface area contributed by atoms with E-state index in [-0.39, 0.29) is 0 Å². The summed E-state index contributed by atoms with van der Waals surface area (Å²) in [6.45, 7) is 6.49. The summed E-state index contributed by atoms with van der Waals surface area (Å²) >= 11 is 7.55.